The lowest BCUT2D eigenvalue weighted by atomic mass is 9.72. The zero-order chi connectivity index (χ0) is 12.5. The Morgan fingerprint density at radius 3 is 2.47 bits per heavy atom. The van der Waals surface area contributed by atoms with Crippen molar-refractivity contribution < 1.29 is 0 Å². The first-order chi connectivity index (χ1) is 8.17. The number of rotatable bonds is 3. The lowest BCUT2D eigenvalue weighted by molar-refractivity contribution is -0.0921. The van der Waals surface area contributed by atoms with Crippen LogP contribution in [0.25, 0.3) is 0 Å². The van der Waals surface area contributed by atoms with E-state index in [9.17, 15) is 0 Å². The molecule has 2 rings (SSSR count). The first-order valence-electron chi connectivity index (χ1n) is 7.00. The molecule has 1 aliphatic heterocycles. The average molecular weight is 256 g/mol. The first-order valence-corrected chi connectivity index (χ1v) is 8.00. The largest absolute Gasteiger partial charge is 0.305 e. The molecule has 0 bridgehead atoms. The fourth-order valence-electron chi connectivity index (χ4n) is 4.07. The molecule has 17 heavy (non-hydrogen) atoms. The van der Waals surface area contributed by atoms with E-state index in [1.54, 1.807) is 0 Å². The van der Waals surface area contributed by atoms with Crippen molar-refractivity contribution in [2.75, 3.05) is 21.1 Å². The summed E-state index contributed by atoms with van der Waals surface area (Å²) in [6.45, 7) is 0. The Hall–Kier alpha value is 0.0569. The van der Waals surface area contributed by atoms with Crippen LogP contribution in [-0.4, -0.2) is 47.8 Å². The van der Waals surface area contributed by atoms with Gasteiger partial charge in [0.1, 0.15) is 0 Å². The second-order valence-corrected chi connectivity index (χ2v) is 7.21. The topological polar surface area (TPSA) is 39.3 Å². The minimum absolute atomic E-state index is 0.200. The van der Waals surface area contributed by atoms with Crippen molar-refractivity contribution in [3.63, 3.8) is 0 Å². The number of hydrazine groups is 1. The molecule has 1 saturated heterocycles. The molecule has 3 N–H and O–H groups in total. The van der Waals surface area contributed by atoms with Gasteiger partial charge in [0.05, 0.1) is 11.5 Å². The third-order valence-corrected chi connectivity index (χ3v) is 6.77. The molecule has 5 heteroatoms. The van der Waals surface area contributed by atoms with E-state index in [0.717, 1.165) is 22.1 Å². The molecular formula is C12H28N4Si. The zero-order valence-electron chi connectivity index (χ0n) is 11.7. The lowest BCUT2D eigenvalue weighted by Gasteiger charge is -2.57. The molecule has 4 unspecified atom stereocenters. The summed E-state index contributed by atoms with van der Waals surface area (Å²) >= 11 is 0. The Bertz CT molecular complexity index is 255. The van der Waals surface area contributed by atoms with Gasteiger partial charge in [0, 0.05) is 10.2 Å². The molecule has 1 saturated carbocycles. The summed E-state index contributed by atoms with van der Waals surface area (Å²) in [4.78, 5) is 0. The molecule has 0 radical (unpaired) electrons. The first kappa shape index (κ1) is 13.5. The van der Waals surface area contributed by atoms with Gasteiger partial charge in [-0.25, -0.2) is 5.01 Å². The smallest absolute Gasteiger partial charge is 0.0750 e. The Morgan fingerprint density at radius 1 is 1.18 bits per heavy atom. The summed E-state index contributed by atoms with van der Waals surface area (Å²) in [5.41, 5.74) is 3.42. The van der Waals surface area contributed by atoms with E-state index in [1.165, 1.54) is 32.1 Å². The molecule has 0 aromatic heterocycles. The highest BCUT2D eigenvalue weighted by molar-refractivity contribution is 6.15. The molecule has 1 aliphatic carbocycles. The maximum atomic E-state index is 3.63. The van der Waals surface area contributed by atoms with Crippen LogP contribution >= 0.6 is 0 Å². The van der Waals surface area contributed by atoms with Gasteiger partial charge >= 0.3 is 0 Å². The van der Waals surface area contributed by atoms with E-state index in [2.05, 4.69) is 42.2 Å². The standard InChI is InChI=1S/C12H28N4Si/c1-13-11-8-9-6-4-5-7-10(9)12(17,14-2)16(11)15-3/h9-11,13-15H,4-8H2,1-3,17H3. The third-order valence-electron chi connectivity index (χ3n) is 5.05. The fourth-order valence-corrected chi connectivity index (χ4v) is 5.36. The van der Waals surface area contributed by atoms with E-state index in [0.29, 0.717) is 6.17 Å². The van der Waals surface area contributed by atoms with Gasteiger partial charge in [-0.2, -0.15) is 0 Å². The molecule has 0 amide bonds. The molecule has 2 aliphatic rings. The summed E-state index contributed by atoms with van der Waals surface area (Å²) in [6.07, 6.45) is 7.40. The Morgan fingerprint density at radius 2 is 1.88 bits per heavy atom. The second-order valence-electron chi connectivity index (χ2n) is 5.68. The normalized spacial score (nSPS) is 43.6. The van der Waals surface area contributed by atoms with Gasteiger partial charge in [0.25, 0.3) is 0 Å². The Kier molecular flexibility index (Phi) is 4.25. The molecule has 0 aromatic carbocycles. The van der Waals surface area contributed by atoms with Crippen LogP contribution in [0.5, 0.6) is 0 Å². The molecule has 4 nitrogen and oxygen atoms in total. The predicted molar refractivity (Wildman–Crippen MR) is 75.5 cm³/mol. The minimum atomic E-state index is 0.200. The molecular weight excluding hydrogens is 228 g/mol. The SMILES string of the molecule is CNC1CC2CCCCC2C([SiH3])(NC)N1NC. The van der Waals surface area contributed by atoms with E-state index in [1.807, 2.05) is 0 Å². The molecule has 0 spiro atoms. The lowest BCUT2D eigenvalue weighted by Crippen LogP contribution is -2.75. The van der Waals surface area contributed by atoms with Crippen LogP contribution in [0.1, 0.15) is 32.1 Å². The Labute approximate surface area is 108 Å². The van der Waals surface area contributed by atoms with Crippen LogP contribution in [0.4, 0.5) is 0 Å². The van der Waals surface area contributed by atoms with Gasteiger partial charge in [-0.1, -0.05) is 12.8 Å². The quantitative estimate of drug-likeness (QED) is 0.591. The molecule has 100 valence electrons. The number of nitrogens with zero attached hydrogens (tertiary/aromatic N) is 1. The summed E-state index contributed by atoms with van der Waals surface area (Å²) < 4.78 is 0. The summed E-state index contributed by atoms with van der Waals surface area (Å²) in [5.74, 6) is 1.72. The zero-order valence-corrected chi connectivity index (χ0v) is 13.7. The van der Waals surface area contributed by atoms with Crippen molar-refractivity contribution in [3.05, 3.63) is 0 Å². The van der Waals surface area contributed by atoms with Crippen LogP contribution in [-0.2, 0) is 0 Å². The second kappa shape index (κ2) is 5.36. The number of piperidine rings is 1. The Balaban J connectivity index is 2.26. The minimum Gasteiger partial charge on any atom is -0.305 e. The summed E-state index contributed by atoms with van der Waals surface area (Å²) in [7, 11) is 7.41. The maximum absolute atomic E-state index is 3.63. The highest BCUT2D eigenvalue weighted by Gasteiger charge is 2.49. The van der Waals surface area contributed by atoms with Crippen molar-refractivity contribution in [1.29, 1.82) is 0 Å². The van der Waals surface area contributed by atoms with E-state index < -0.39 is 0 Å². The highest BCUT2D eigenvalue weighted by Crippen LogP contribution is 2.43. The summed E-state index contributed by atoms with van der Waals surface area (Å²) in [5, 5.41) is 9.74. The summed E-state index contributed by atoms with van der Waals surface area (Å²) in [6, 6.07) is 0. The van der Waals surface area contributed by atoms with Gasteiger partial charge in [-0.05, 0) is 52.2 Å². The number of nitrogens with one attached hydrogen (secondary N) is 3. The van der Waals surface area contributed by atoms with Crippen LogP contribution in [0.15, 0.2) is 0 Å². The van der Waals surface area contributed by atoms with Gasteiger partial charge in [0.15, 0.2) is 0 Å². The van der Waals surface area contributed by atoms with Crippen molar-refractivity contribution in [3.8, 4) is 0 Å². The van der Waals surface area contributed by atoms with E-state index >= 15 is 0 Å². The molecule has 1 heterocycles. The van der Waals surface area contributed by atoms with Crippen molar-refractivity contribution in [2.24, 2.45) is 11.8 Å². The van der Waals surface area contributed by atoms with Crippen molar-refractivity contribution >= 4 is 10.2 Å². The number of hydrogen-bond donors (Lipinski definition) is 3. The van der Waals surface area contributed by atoms with E-state index in [4.69, 9.17) is 0 Å². The van der Waals surface area contributed by atoms with Gasteiger partial charge in [0.2, 0.25) is 0 Å². The maximum Gasteiger partial charge on any atom is 0.0750 e. The van der Waals surface area contributed by atoms with Crippen LogP contribution in [0, 0.1) is 11.8 Å². The van der Waals surface area contributed by atoms with Crippen LogP contribution in [0.2, 0.25) is 0 Å². The molecule has 4 atom stereocenters. The predicted octanol–water partition coefficient (Wildman–Crippen LogP) is -0.583. The number of hydrogen-bond acceptors (Lipinski definition) is 4. The fraction of sp³-hybridized carbons (Fsp3) is 1.00. The third kappa shape index (κ3) is 2.19. The average Bonchev–Trinajstić information content (AvgIpc) is 2.38. The van der Waals surface area contributed by atoms with Gasteiger partial charge in [-0.15, -0.1) is 0 Å². The highest BCUT2D eigenvalue weighted by atomic mass is 28.1. The number of fused-ring (bicyclic) bond motifs is 1. The molecule has 0 aromatic rings. The van der Waals surface area contributed by atoms with Crippen molar-refractivity contribution in [2.45, 2.75) is 43.6 Å². The van der Waals surface area contributed by atoms with Gasteiger partial charge in [-0.3, -0.25) is 5.43 Å². The van der Waals surface area contributed by atoms with E-state index in [-0.39, 0.29) is 5.29 Å². The molecule has 2 fully saturated rings. The van der Waals surface area contributed by atoms with Crippen molar-refractivity contribution in [1.82, 2.24) is 21.1 Å². The monoisotopic (exact) mass is 256 g/mol. The van der Waals surface area contributed by atoms with Crippen LogP contribution < -0.4 is 16.1 Å². The van der Waals surface area contributed by atoms with Gasteiger partial charge < -0.3 is 10.6 Å². The van der Waals surface area contributed by atoms with Crippen LogP contribution in [0.3, 0.4) is 0 Å².